The minimum Gasteiger partial charge on any atom is -0.450 e. The molecule has 0 aliphatic carbocycles. The molecule has 7 nitrogen and oxygen atoms in total. The summed E-state index contributed by atoms with van der Waals surface area (Å²) in [6.45, 7) is 6.33. The molecule has 1 aromatic carbocycles. The molecule has 0 aliphatic rings. The Bertz CT molecular complexity index is 692. The predicted molar refractivity (Wildman–Crippen MR) is 84.7 cm³/mol. The number of aromatic nitrogens is 2. The molecule has 0 saturated heterocycles. The second kappa shape index (κ2) is 7.44. The first kappa shape index (κ1) is 16.5. The van der Waals surface area contributed by atoms with Gasteiger partial charge < -0.3 is 9.47 Å². The van der Waals surface area contributed by atoms with Crippen LogP contribution < -0.4 is 10.1 Å². The molecule has 1 heterocycles. The van der Waals surface area contributed by atoms with E-state index in [2.05, 4.69) is 10.4 Å². The molecule has 0 radical (unpaired) electrons. The summed E-state index contributed by atoms with van der Waals surface area (Å²) in [5, 5.41) is 6.77. The highest BCUT2D eigenvalue weighted by Gasteiger charge is 2.15. The largest absolute Gasteiger partial charge is 0.450 e. The van der Waals surface area contributed by atoms with Gasteiger partial charge in [-0.3, -0.25) is 10.00 Å². The van der Waals surface area contributed by atoms with Gasteiger partial charge in [-0.25, -0.2) is 9.59 Å². The van der Waals surface area contributed by atoms with Crippen LogP contribution in [0, 0.1) is 6.92 Å². The molecule has 0 bridgehead atoms. The van der Waals surface area contributed by atoms with E-state index in [9.17, 15) is 9.59 Å². The van der Waals surface area contributed by atoms with Crippen molar-refractivity contribution in [1.82, 2.24) is 9.78 Å². The van der Waals surface area contributed by atoms with Crippen LogP contribution in [0.15, 0.2) is 30.3 Å². The molecule has 1 N–H and O–H groups in total. The number of amides is 1. The topological polar surface area (TPSA) is 82.4 Å². The lowest BCUT2D eigenvalue weighted by atomic mass is 10.3. The maximum Gasteiger partial charge on any atom is 0.411 e. The predicted octanol–water partition coefficient (Wildman–Crippen LogP) is 3.00. The quantitative estimate of drug-likeness (QED) is 0.677. The summed E-state index contributed by atoms with van der Waals surface area (Å²) >= 11 is 0. The molecular formula is C16H19N3O4. The van der Waals surface area contributed by atoms with Gasteiger partial charge in [0.05, 0.1) is 12.3 Å². The summed E-state index contributed by atoms with van der Waals surface area (Å²) in [6.07, 6.45) is -0.528. The van der Waals surface area contributed by atoms with Gasteiger partial charge in [-0.15, -0.1) is 0 Å². The highest BCUT2D eigenvalue weighted by atomic mass is 16.5. The van der Waals surface area contributed by atoms with E-state index in [-0.39, 0.29) is 0 Å². The van der Waals surface area contributed by atoms with Crippen molar-refractivity contribution in [2.75, 3.05) is 11.9 Å². The Kier molecular flexibility index (Phi) is 5.35. The Balaban J connectivity index is 2.03. The number of carbonyl (C=O) groups is 2. The molecule has 7 heteroatoms. The van der Waals surface area contributed by atoms with Gasteiger partial charge >= 0.3 is 12.1 Å². The summed E-state index contributed by atoms with van der Waals surface area (Å²) in [5.74, 6) is -0.0931. The average molecular weight is 317 g/mol. The van der Waals surface area contributed by atoms with Gasteiger partial charge in [0.25, 0.3) is 0 Å². The second-order valence-electron chi connectivity index (χ2n) is 4.75. The summed E-state index contributed by atoms with van der Waals surface area (Å²) in [6, 6.07) is 8.13. The molecule has 0 atom stereocenters. The minimum atomic E-state index is -0.528. The number of nitrogens with zero attached hydrogens (tertiary/aromatic N) is 2. The van der Waals surface area contributed by atoms with E-state index < -0.39 is 12.1 Å². The Morgan fingerprint density at radius 1 is 1.22 bits per heavy atom. The SMILES string of the molecule is CCOC(=O)Nc1ccc(OC(=O)c2cc(C)nn2CC)cc1. The zero-order valence-corrected chi connectivity index (χ0v) is 13.3. The van der Waals surface area contributed by atoms with Crippen molar-refractivity contribution in [2.45, 2.75) is 27.3 Å². The fourth-order valence-corrected chi connectivity index (χ4v) is 2.00. The molecule has 0 saturated carbocycles. The van der Waals surface area contributed by atoms with Gasteiger partial charge in [-0.1, -0.05) is 0 Å². The molecule has 0 unspecified atom stereocenters. The van der Waals surface area contributed by atoms with Crippen LogP contribution >= 0.6 is 0 Å². The van der Waals surface area contributed by atoms with E-state index in [0.29, 0.717) is 30.3 Å². The highest BCUT2D eigenvalue weighted by molar-refractivity contribution is 5.89. The van der Waals surface area contributed by atoms with Crippen LogP contribution in [0.25, 0.3) is 0 Å². The maximum atomic E-state index is 12.2. The molecule has 122 valence electrons. The second-order valence-corrected chi connectivity index (χ2v) is 4.75. The summed E-state index contributed by atoms with van der Waals surface area (Å²) < 4.78 is 11.7. The van der Waals surface area contributed by atoms with E-state index in [0.717, 1.165) is 5.69 Å². The van der Waals surface area contributed by atoms with Crippen molar-refractivity contribution in [2.24, 2.45) is 0 Å². The van der Waals surface area contributed by atoms with Crippen molar-refractivity contribution >= 4 is 17.7 Å². The standard InChI is InChI=1S/C16H19N3O4/c1-4-19-14(10-11(3)18-19)15(20)23-13-8-6-12(7-9-13)17-16(21)22-5-2/h6-10H,4-5H2,1-3H3,(H,17,21). The number of hydrogen-bond acceptors (Lipinski definition) is 5. The lowest BCUT2D eigenvalue weighted by molar-refractivity contribution is 0.0721. The molecule has 0 fully saturated rings. The normalized spacial score (nSPS) is 10.2. The molecule has 1 amide bonds. The van der Waals surface area contributed by atoms with Crippen LogP contribution in [-0.2, 0) is 11.3 Å². The fourth-order valence-electron chi connectivity index (χ4n) is 2.00. The molecule has 23 heavy (non-hydrogen) atoms. The Labute approximate surface area is 134 Å². The Hall–Kier alpha value is -2.83. The van der Waals surface area contributed by atoms with Crippen molar-refractivity contribution in [3.05, 3.63) is 41.7 Å². The number of benzene rings is 1. The minimum absolute atomic E-state index is 0.298. The monoisotopic (exact) mass is 317 g/mol. The summed E-state index contributed by atoms with van der Waals surface area (Å²) in [4.78, 5) is 23.5. The van der Waals surface area contributed by atoms with Crippen LogP contribution in [-0.4, -0.2) is 28.4 Å². The van der Waals surface area contributed by atoms with Gasteiger partial charge in [0.2, 0.25) is 0 Å². The van der Waals surface area contributed by atoms with Gasteiger partial charge in [-0.2, -0.15) is 5.10 Å². The molecule has 2 rings (SSSR count). The molecule has 0 spiro atoms. The number of aryl methyl sites for hydroxylation is 2. The third-order valence-corrected chi connectivity index (χ3v) is 3.00. The smallest absolute Gasteiger partial charge is 0.411 e. The van der Waals surface area contributed by atoms with Crippen LogP contribution in [0.4, 0.5) is 10.5 Å². The van der Waals surface area contributed by atoms with Gasteiger partial charge in [0, 0.05) is 12.2 Å². The zero-order chi connectivity index (χ0) is 16.8. The van der Waals surface area contributed by atoms with Crippen LogP contribution in [0.2, 0.25) is 0 Å². The van der Waals surface area contributed by atoms with E-state index in [1.54, 1.807) is 41.9 Å². The number of ether oxygens (including phenoxy) is 2. The first-order chi connectivity index (χ1) is 11.0. The average Bonchev–Trinajstić information content (AvgIpc) is 2.90. The maximum absolute atomic E-state index is 12.2. The Morgan fingerprint density at radius 2 is 1.91 bits per heavy atom. The molecule has 0 aliphatic heterocycles. The number of hydrogen-bond donors (Lipinski definition) is 1. The van der Waals surface area contributed by atoms with Crippen molar-refractivity contribution in [1.29, 1.82) is 0 Å². The first-order valence-electron chi connectivity index (χ1n) is 7.34. The van der Waals surface area contributed by atoms with E-state index in [1.165, 1.54) is 0 Å². The third-order valence-electron chi connectivity index (χ3n) is 3.00. The van der Waals surface area contributed by atoms with E-state index >= 15 is 0 Å². The molecule has 2 aromatic rings. The van der Waals surface area contributed by atoms with Gasteiger partial charge in [-0.05, 0) is 51.1 Å². The van der Waals surface area contributed by atoms with Gasteiger partial charge in [0.1, 0.15) is 11.4 Å². The number of anilines is 1. The highest BCUT2D eigenvalue weighted by Crippen LogP contribution is 2.17. The van der Waals surface area contributed by atoms with E-state index in [1.807, 2.05) is 13.8 Å². The third kappa shape index (κ3) is 4.32. The number of rotatable bonds is 5. The molecular weight excluding hydrogens is 298 g/mol. The van der Waals surface area contributed by atoms with Crippen LogP contribution in [0.5, 0.6) is 5.75 Å². The number of nitrogens with one attached hydrogen (secondary N) is 1. The Morgan fingerprint density at radius 3 is 2.52 bits per heavy atom. The summed E-state index contributed by atoms with van der Waals surface area (Å²) in [7, 11) is 0. The zero-order valence-electron chi connectivity index (χ0n) is 13.3. The number of esters is 1. The van der Waals surface area contributed by atoms with Crippen molar-refractivity contribution in [3.8, 4) is 5.75 Å². The van der Waals surface area contributed by atoms with Crippen LogP contribution in [0.1, 0.15) is 30.0 Å². The van der Waals surface area contributed by atoms with Crippen LogP contribution in [0.3, 0.4) is 0 Å². The lowest BCUT2D eigenvalue weighted by Gasteiger charge is -2.08. The summed E-state index contributed by atoms with van der Waals surface area (Å²) in [5.41, 5.74) is 1.71. The first-order valence-corrected chi connectivity index (χ1v) is 7.34. The fraction of sp³-hybridized carbons (Fsp3) is 0.312. The van der Waals surface area contributed by atoms with Crippen molar-refractivity contribution < 1.29 is 19.1 Å². The number of carbonyl (C=O) groups excluding carboxylic acids is 2. The van der Waals surface area contributed by atoms with E-state index in [4.69, 9.17) is 9.47 Å². The van der Waals surface area contributed by atoms with Gasteiger partial charge in [0.15, 0.2) is 0 Å². The molecule has 1 aromatic heterocycles. The van der Waals surface area contributed by atoms with Crippen molar-refractivity contribution in [3.63, 3.8) is 0 Å². The lowest BCUT2D eigenvalue weighted by Crippen LogP contribution is -2.15.